The molecule has 1 aliphatic carbocycles. The lowest BCUT2D eigenvalue weighted by Crippen LogP contribution is -2.54. The van der Waals surface area contributed by atoms with Crippen LogP contribution < -0.4 is 5.32 Å². The molecule has 0 aromatic heterocycles. The van der Waals surface area contributed by atoms with Crippen molar-refractivity contribution in [1.29, 1.82) is 0 Å². The van der Waals surface area contributed by atoms with Gasteiger partial charge in [-0.05, 0) is 37.5 Å². The summed E-state index contributed by atoms with van der Waals surface area (Å²) in [7, 11) is 0. The van der Waals surface area contributed by atoms with E-state index in [0.717, 1.165) is 50.1 Å². The Kier molecular flexibility index (Phi) is 4.34. The summed E-state index contributed by atoms with van der Waals surface area (Å²) in [6.07, 6.45) is 5.79. The first kappa shape index (κ1) is 16.3. The van der Waals surface area contributed by atoms with Crippen molar-refractivity contribution in [2.24, 2.45) is 11.8 Å². The Balaban J connectivity index is 1.69. The minimum Gasteiger partial charge on any atom is -0.341 e. The highest BCUT2D eigenvalue weighted by molar-refractivity contribution is 6.09. The van der Waals surface area contributed by atoms with Gasteiger partial charge < -0.3 is 10.2 Å². The van der Waals surface area contributed by atoms with E-state index in [0.29, 0.717) is 12.3 Å². The summed E-state index contributed by atoms with van der Waals surface area (Å²) in [4.78, 5) is 40.6. The Morgan fingerprint density at radius 1 is 1.22 bits per heavy atom. The SMILES string of the molecule is C[C@@H]1CCCN(C(=O)CN2C(=O)N[C@]3(CCCC[C@H]3C)C2=O)C1. The van der Waals surface area contributed by atoms with Crippen molar-refractivity contribution in [3.63, 3.8) is 0 Å². The van der Waals surface area contributed by atoms with Gasteiger partial charge in [0, 0.05) is 13.1 Å². The van der Waals surface area contributed by atoms with Gasteiger partial charge in [0.2, 0.25) is 5.91 Å². The minimum absolute atomic E-state index is 0.111. The quantitative estimate of drug-likeness (QED) is 0.788. The number of likely N-dealkylation sites (tertiary alicyclic amines) is 1. The van der Waals surface area contributed by atoms with Crippen molar-refractivity contribution >= 4 is 17.8 Å². The average molecular weight is 321 g/mol. The van der Waals surface area contributed by atoms with E-state index in [9.17, 15) is 14.4 Å². The van der Waals surface area contributed by atoms with E-state index in [1.54, 1.807) is 4.90 Å². The first-order chi connectivity index (χ1) is 10.9. The Morgan fingerprint density at radius 3 is 2.70 bits per heavy atom. The third-order valence-electron chi connectivity index (χ3n) is 5.80. The van der Waals surface area contributed by atoms with Crippen LogP contribution in [-0.2, 0) is 9.59 Å². The van der Waals surface area contributed by atoms with Crippen LogP contribution in [0, 0.1) is 11.8 Å². The van der Waals surface area contributed by atoms with Gasteiger partial charge in [-0.15, -0.1) is 0 Å². The van der Waals surface area contributed by atoms with Crippen LogP contribution in [0.15, 0.2) is 0 Å². The van der Waals surface area contributed by atoms with Crippen LogP contribution in [0.4, 0.5) is 4.79 Å². The molecule has 2 saturated heterocycles. The van der Waals surface area contributed by atoms with Crippen molar-refractivity contribution in [3.8, 4) is 0 Å². The molecule has 23 heavy (non-hydrogen) atoms. The molecule has 0 unspecified atom stereocenters. The van der Waals surface area contributed by atoms with E-state index >= 15 is 0 Å². The monoisotopic (exact) mass is 321 g/mol. The molecule has 0 bridgehead atoms. The molecule has 128 valence electrons. The van der Waals surface area contributed by atoms with Gasteiger partial charge in [0.25, 0.3) is 5.91 Å². The molecule has 3 fully saturated rings. The predicted octanol–water partition coefficient (Wildman–Crippen LogP) is 1.75. The number of nitrogens with one attached hydrogen (secondary N) is 1. The molecule has 6 heteroatoms. The fourth-order valence-electron chi connectivity index (χ4n) is 4.29. The van der Waals surface area contributed by atoms with Crippen LogP contribution >= 0.6 is 0 Å². The van der Waals surface area contributed by atoms with Crippen LogP contribution in [0.3, 0.4) is 0 Å². The molecule has 1 spiro atoms. The lowest BCUT2D eigenvalue weighted by atomic mass is 9.73. The second-order valence-corrected chi connectivity index (χ2v) is 7.53. The highest BCUT2D eigenvalue weighted by Gasteiger charge is 2.55. The molecule has 2 aliphatic heterocycles. The number of nitrogens with zero attached hydrogens (tertiary/aromatic N) is 2. The molecule has 6 nitrogen and oxygen atoms in total. The zero-order valence-corrected chi connectivity index (χ0v) is 14.1. The van der Waals surface area contributed by atoms with Gasteiger partial charge in [-0.1, -0.05) is 26.7 Å². The molecule has 0 radical (unpaired) electrons. The summed E-state index contributed by atoms with van der Waals surface area (Å²) in [6.45, 7) is 5.49. The smallest absolute Gasteiger partial charge is 0.325 e. The lowest BCUT2D eigenvalue weighted by molar-refractivity contribution is -0.141. The van der Waals surface area contributed by atoms with Crippen molar-refractivity contribution in [2.45, 2.75) is 57.9 Å². The topological polar surface area (TPSA) is 69.7 Å². The number of hydrogen-bond acceptors (Lipinski definition) is 3. The Morgan fingerprint density at radius 2 is 2.00 bits per heavy atom. The summed E-state index contributed by atoms with van der Waals surface area (Å²) < 4.78 is 0. The maximum atomic E-state index is 12.9. The van der Waals surface area contributed by atoms with Crippen molar-refractivity contribution < 1.29 is 14.4 Å². The largest absolute Gasteiger partial charge is 0.341 e. The van der Waals surface area contributed by atoms with Crippen LogP contribution in [0.25, 0.3) is 0 Å². The fourth-order valence-corrected chi connectivity index (χ4v) is 4.29. The molecule has 1 N–H and O–H groups in total. The third-order valence-corrected chi connectivity index (χ3v) is 5.80. The van der Waals surface area contributed by atoms with Gasteiger partial charge in [-0.2, -0.15) is 0 Å². The lowest BCUT2D eigenvalue weighted by Gasteiger charge is -2.37. The molecular formula is C17H27N3O3. The first-order valence-corrected chi connectivity index (χ1v) is 8.86. The Hall–Kier alpha value is -1.59. The molecule has 1 saturated carbocycles. The fraction of sp³-hybridized carbons (Fsp3) is 0.824. The zero-order chi connectivity index (χ0) is 16.6. The maximum Gasteiger partial charge on any atom is 0.325 e. The molecule has 2 heterocycles. The van der Waals surface area contributed by atoms with Gasteiger partial charge in [0.1, 0.15) is 12.1 Å². The second-order valence-electron chi connectivity index (χ2n) is 7.53. The van der Waals surface area contributed by atoms with Gasteiger partial charge in [-0.25, -0.2) is 4.79 Å². The second kappa shape index (κ2) is 6.13. The van der Waals surface area contributed by atoms with Crippen LogP contribution in [0.1, 0.15) is 52.4 Å². The first-order valence-electron chi connectivity index (χ1n) is 8.86. The summed E-state index contributed by atoms with van der Waals surface area (Å²) in [6, 6.07) is -0.401. The van der Waals surface area contributed by atoms with E-state index in [-0.39, 0.29) is 24.3 Å². The highest BCUT2D eigenvalue weighted by atomic mass is 16.2. The molecular weight excluding hydrogens is 294 g/mol. The van der Waals surface area contributed by atoms with Crippen molar-refractivity contribution in [1.82, 2.24) is 15.1 Å². The van der Waals surface area contributed by atoms with E-state index in [2.05, 4.69) is 12.2 Å². The zero-order valence-electron chi connectivity index (χ0n) is 14.1. The number of imide groups is 1. The molecule has 4 amide bonds. The molecule has 3 aliphatic rings. The predicted molar refractivity (Wildman–Crippen MR) is 85.6 cm³/mol. The summed E-state index contributed by atoms with van der Waals surface area (Å²) in [5.41, 5.74) is -0.773. The minimum atomic E-state index is -0.773. The van der Waals surface area contributed by atoms with Crippen molar-refractivity contribution in [3.05, 3.63) is 0 Å². The van der Waals surface area contributed by atoms with E-state index < -0.39 is 11.6 Å². The maximum absolute atomic E-state index is 12.9. The van der Waals surface area contributed by atoms with Crippen LogP contribution in [-0.4, -0.2) is 52.8 Å². The average Bonchev–Trinajstić information content (AvgIpc) is 2.75. The summed E-state index contributed by atoms with van der Waals surface area (Å²) in [5.74, 6) is 0.303. The molecule has 3 rings (SSSR count). The number of rotatable bonds is 2. The summed E-state index contributed by atoms with van der Waals surface area (Å²) in [5, 5.41) is 2.90. The van der Waals surface area contributed by atoms with E-state index in [4.69, 9.17) is 0 Å². The number of carbonyl (C=O) groups is 3. The third kappa shape index (κ3) is 2.83. The number of carbonyl (C=O) groups excluding carboxylic acids is 3. The number of piperidine rings is 1. The number of urea groups is 1. The summed E-state index contributed by atoms with van der Waals surface area (Å²) >= 11 is 0. The van der Waals surface area contributed by atoms with E-state index in [1.165, 1.54) is 0 Å². The van der Waals surface area contributed by atoms with E-state index in [1.807, 2.05) is 6.92 Å². The number of hydrogen-bond donors (Lipinski definition) is 1. The van der Waals surface area contributed by atoms with Crippen molar-refractivity contribution in [2.75, 3.05) is 19.6 Å². The Labute approximate surface area is 137 Å². The van der Waals surface area contributed by atoms with Crippen LogP contribution in [0.2, 0.25) is 0 Å². The standard InChI is InChI=1S/C17H27N3O3/c1-12-6-5-9-19(10-12)14(21)11-20-15(22)17(18-16(20)23)8-4-3-7-13(17)2/h12-13H,3-11H2,1-2H3,(H,18,23)/t12-,13-,17+/m1/s1. The van der Waals surface area contributed by atoms with Gasteiger partial charge >= 0.3 is 6.03 Å². The number of amides is 4. The Bertz CT molecular complexity index is 521. The molecule has 0 aromatic carbocycles. The highest BCUT2D eigenvalue weighted by Crippen LogP contribution is 2.38. The van der Waals surface area contributed by atoms with Crippen LogP contribution in [0.5, 0.6) is 0 Å². The van der Waals surface area contributed by atoms with Gasteiger partial charge in [-0.3, -0.25) is 14.5 Å². The molecule has 3 atom stereocenters. The van der Waals surface area contributed by atoms with Gasteiger partial charge in [0.15, 0.2) is 0 Å². The van der Waals surface area contributed by atoms with Gasteiger partial charge in [0.05, 0.1) is 0 Å². The molecule has 0 aromatic rings. The normalized spacial score (nSPS) is 34.9.